The summed E-state index contributed by atoms with van der Waals surface area (Å²) < 4.78 is 13.2. The molecule has 1 aliphatic rings. The van der Waals surface area contributed by atoms with E-state index in [0.717, 1.165) is 24.5 Å². The lowest BCUT2D eigenvalue weighted by Gasteiger charge is -2.44. The molecule has 2 aromatic carbocycles. The van der Waals surface area contributed by atoms with E-state index in [2.05, 4.69) is 9.80 Å². The Morgan fingerprint density at radius 2 is 1.92 bits per heavy atom. The van der Waals surface area contributed by atoms with E-state index < -0.39 is 0 Å². The Morgan fingerprint density at radius 1 is 1.16 bits per heavy atom. The third kappa shape index (κ3) is 4.21. The van der Waals surface area contributed by atoms with Gasteiger partial charge in [0.05, 0.1) is 0 Å². The van der Waals surface area contributed by atoms with Crippen LogP contribution in [0.4, 0.5) is 15.8 Å². The van der Waals surface area contributed by atoms with E-state index in [4.69, 9.17) is 5.73 Å². The topological polar surface area (TPSA) is 69.8 Å². The average Bonchev–Trinajstić information content (AvgIpc) is 2.60. The number of benzene rings is 2. The van der Waals surface area contributed by atoms with Crippen molar-refractivity contribution in [1.29, 1.82) is 0 Å². The molecule has 3 N–H and O–H groups in total. The highest BCUT2D eigenvalue weighted by Crippen LogP contribution is 2.28. The molecular formula is C19H22FN3O2. The number of carbonyl (C=O) groups is 1. The van der Waals surface area contributed by atoms with Gasteiger partial charge >= 0.3 is 0 Å². The van der Waals surface area contributed by atoms with Crippen LogP contribution in [0.2, 0.25) is 0 Å². The van der Waals surface area contributed by atoms with Crippen LogP contribution < -0.4 is 15.5 Å². The van der Waals surface area contributed by atoms with Crippen LogP contribution >= 0.6 is 0 Å². The number of phenols is 1. The van der Waals surface area contributed by atoms with E-state index in [1.165, 1.54) is 12.1 Å². The average molecular weight is 343 g/mol. The molecule has 1 aliphatic heterocycles. The number of aromatic hydroxyl groups is 1. The maximum Gasteiger partial charge on any atom is 0.217 e. The molecule has 1 fully saturated rings. The van der Waals surface area contributed by atoms with Gasteiger partial charge in [0.25, 0.3) is 0 Å². The number of carbonyl (C=O) groups excluding carboxylic acids is 1. The van der Waals surface area contributed by atoms with Gasteiger partial charge < -0.3 is 20.6 Å². The number of nitrogens with zero attached hydrogens (tertiary/aromatic N) is 2. The molecule has 2 aromatic rings. The number of halogens is 1. The summed E-state index contributed by atoms with van der Waals surface area (Å²) in [4.78, 5) is 15.6. The van der Waals surface area contributed by atoms with Gasteiger partial charge in [0.2, 0.25) is 5.91 Å². The number of anilines is 2. The Kier molecular flexibility index (Phi) is 5.07. The molecule has 1 atom stereocenters. The standard InChI is InChI=1S/C19H22FN3O2/c20-14-4-6-15(7-5-14)22-10-11-23(16-2-1-3-18(24)12-16)17(13-22)8-9-19(21)25/h1-7,12,17,24H,8-11,13H2,(H2,21,25). The van der Waals surface area contributed by atoms with E-state index >= 15 is 0 Å². The summed E-state index contributed by atoms with van der Waals surface area (Å²) in [5.74, 6) is -0.366. The fraction of sp³-hybridized carbons (Fsp3) is 0.316. The molecule has 5 nitrogen and oxygen atoms in total. The monoisotopic (exact) mass is 343 g/mol. The summed E-state index contributed by atoms with van der Waals surface area (Å²) in [6.45, 7) is 2.22. The minimum Gasteiger partial charge on any atom is -0.508 e. The summed E-state index contributed by atoms with van der Waals surface area (Å²) in [7, 11) is 0. The molecule has 25 heavy (non-hydrogen) atoms. The minimum absolute atomic E-state index is 0.0769. The maximum atomic E-state index is 13.2. The Balaban J connectivity index is 1.80. The minimum atomic E-state index is -0.324. The molecule has 132 valence electrons. The van der Waals surface area contributed by atoms with Crippen LogP contribution in [0.1, 0.15) is 12.8 Å². The van der Waals surface area contributed by atoms with E-state index in [-0.39, 0.29) is 23.5 Å². The van der Waals surface area contributed by atoms with E-state index in [1.54, 1.807) is 24.3 Å². The van der Waals surface area contributed by atoms with Crippen molar-refractivity contribution in [3.05, 3.63) is 54.3 Å². The third-order valence-corrected chi connectivity index (χ3v) is 4.56. The van der Waals surface area contributed by atoms with Crippen LogP contribution in [0.15, 0.2) is 48.5 Å². The van der Waals surface area contributed by atoms with Crippen LogP contribution in [0.25, 0.3) is 0 Å². The van der Waals surface area contributed by atoms with Crippen molar-refractivity contribution in [1.82, 2.24) is 0 Å². The molecule has 6 heteroatoms. The smallest absolute Gasteiger partial charge is 0.217 e. The highest BCUT2D eigenvalue weighted by atomic mass is 19.1. The largest absolute Gasteiger partial charge is 0.508 e. The van der Waals surface area contributed by atoms with Crippen molar-refractivity contribution in [2.45, 2.75) is 18.9 Å². The number of rotatable bonds is 5. The molecule has 1 saturated heterocycles. The molecule has 3 rings (SSSR count). The van der Waals surface area contributed by atoms with Crippen molar-refractivity contribution in [3.63, 3.8) is 0 Å². The predicted molar refractivity (Wildman–Crippen MR) is 96.3 cm³/mol. The molecule has 0 aliphatic carbocycles. The first-order valence-corrected chi connectivity index (χ1v) is 8.37. The first-order chi connectivity index (χ1) is 12.0. The number of primary amides is 1. The molecule has 1 amide bonds. The van der Waals surface area contributed by atoms with Crippen LogP contribution in [-0.2, 0) is 4.79 Å². The number of piperazine rings is 1. The summed E-state index contributed by atoms with van der Waals surface area (Å²) >= 11 is 0. The van der Waals surface area contributed by atoms with Crippen LogP contribution in [0, 0.1) is 5.82 Å². The van der Waals surface area contributed by atoms with Crippen LogP contribution in [-0.4, -0.2) is 36.7 Å². The number of nitrogens with two attached hydrogens (primary N) is 1. The van der Waals surface area contributed by atoms with Gasteiger partial charge in [-0.05, 0) is 42.8 Å². The number of hydrogen-bond donors (Lipinski definition) is 2. The van der Waals surface area contributed by atoms with Crippen molar-refractivity contribution >= 4 is 17.3 Å². The van der Waals surface area contributed by atoms with E-state index in [1.807, 2.05) is 12.1 Å². The summed E-state index contributed by atoms with van der Waals surface area (Å²) in [6.07, 6.45) is 0.930. The van der Waals surface area contributed by atoms with Crippen molar-refractivity contribution < 1.29 is 14.3 Å². The summed E-state index contributed by atoms with van der Waals surface area (Å²) in [5.41, 5.74) is 7.21. The maximum absolute atomic E-state index is 13.2. The van der Waals surface area contributed by atoms with Gasteiger partial charge in [0.1, 0.15) is 11.6 Å². The molecule has 0 saturated carbocycles. The summed E-state index contributed by atoms with van der Waals surface area (Å²) in [5, 5.41) is 9.76. The number of hydrogen-bond acceptors (Lipinski definition) is 4. The lowest BCUT2D eigenvalue weighted by Crippen LogP contribution is -2.53. The van der Waals surface area contributed by atoms with Crippen molar-refractivity contribution in [3.8, 4) is 5.75 Å². The Labute approximate surface area is 146 Å². The lowest BCUT2D eigenvalue weighted by atomic mass is 10.0. The molecule has 1 heterocycles. The lowest BCUT2D eigenvalue weighted by molar-refractivity contribution is -0.118. The second-order valence-electron chi connectivity index (χ2n) is 6.29. The molecular weight excluding hydrogens is 321 g/mol. The highest BCUT2D eigenvalue weighted by molar-refractivity contribution is 5.73. The van der Waals surface area contributed by atoms with Gasteiger partial charge in [0, 0.05) is 49.5 Å². The fourth-order valence-corrected chi connectivity index (χ4v) is 3.31. The zero-order valence-electron chi connectivity index (χ0n) is 13.9. The van der Waals surface area contributed by atoms with Crippen LogP contribution in [0.3, 0.4) is 0 Å². The first-order valence-electron chi connectivity index (χ1n) is 8.37. The zero-order valence-corrected chi connectivity index (χ0v) is 13.9. The van der Waals surface area contributed by atoms with Gasteiger partial charge in [-0.25, -0.2) is 4.39 Å². The Hall–Kier alpha value is -2.76. The molecule has 0 radical (unpaired) electrons. The van der Waals surface area contributed by atoms with Gasteiger partial charge in [0.15, 0.2) is 0 Å². The zero-order chi connectivity index (χ0) is 17.8. The molecule has 0 aromatic heterocycles. The van der Waals surface area contributed by atoms with E-state index in [9.17, 15) is 14.3 Å². The predicted octanol–water partition coefficient (Wildman–Crippen LogP) is 2.49. The van der Waals surface area contributed by atoms with Crippen molar-refractivity contribution in [2.24, 2.45) is 5.73 Å². The fourth-order valence-electron chi connectivity index (χ4n) is 3.31. The van der Waals surface area contributed by atoms with Gasteiger partial charge in [-0.3, -0.25) is 4.79 Å². The highest BCUT2D eigenvalue weighted by Gasteiger charge is 2.27. The van der Waals surface area contributed by atoms with Crippen LogP contribution in [0.5, 0.6) is 5.75 Å². The van der Waals surface area contributed by atoms with Gasteiger partial charge in [-0.15, -0.1) is 0 Å². The van der Waals surface area contributed by atoms with Gasteiger partial charge in [-0.1, -0.05) is 6.07 Å². The Bertz CT molecular complexity index is 736. The molecule has 0 bridgehead atoms. The number of amides is 1. The third-order valence-electron chi connectivity index (χ3n) is 4.56. The molecule has 1 unspecified atom stereocenters. The van der Waals surface area contributed by atoms with Gasteiger partial charge in [-0.2, -0.15) is 0 Å². The SMILES string of the molecule is NC(=O)CCC1CN(c2ccc(F)cc2)CCN1c1cccc(O)c1. The van der Waals surface area contributed by atoms with E-state index in [0.29, 0.717) is 19.4 Å². The Morgan fingerprint density at radius 3 is 2.60 bits per heavy atom. The van der Waals surface area contributed by atoms with Crippen molar-refractivity contribution in [2.75, 3.05) is 29.4 Å². The second-order valence-corrected chi connectivity index (χ2v) is 6.29. The number of phenolic OH excluding ortho intramolecular Hbond substituents is 1. The normalized spacial score (nSPS) is 17.6. The second kappa shape index (κ2) is 7.42. The molecule has 0 spiro atoms. The summed E-state index contributed by atoms with van der Waals surface area (Å²) in [6, 6.07) is 13.6. The quantitative estimate of drug-likeness (QED) is 0.875. The first kappa shape index (κ1) is 17.1.